The Balaban J connectivity index is 2.20. The fourth-order valence-corrected chi connectivity index (χ4v) is 4.44. The molecule has 0 aliphatic heterocycles. The zero-order valence-electron chi connectivity index (χ0n) is 10.3. The van der Waals surface area contributed by atoms with Gasteiger partial charge in [0.15, 0.2) is 0 Å². The summed E-state index contributed by atoms with van der Waals surface area (Å²) in [5, 5.41) is 0. The summed E-state index contributed by atoms with van der Waals surface area (Å²) in [6.07, 6.45) is 8.53. The number of hydrogen-bond acceptors (Lipinski definition) is 2. The molecule has 0 unspecified atom stereocenters. The van der Waals surface area contributed by atoms with Crippen LogP contribution in [-0.2, 0) is 0 Å². The average molecular weight is 246 g/mol. The van der Waals surface area contributed by atoms with E-state index in [4.69, 9.17) is 0 Å². The highest BCUT2D eigenvalue weighted by molar-refractivity contribution is 7.99. The lowest BCUT2D eigenvalue weighted by Crippen LogP contribution is -2.29. The molecule has 0 saturated heterocycles. The molecule has 2 heteroatoms. The van der Waals surface area contributed by atoms with E-state index in [9.17, 15) is 0 Å². The van der Waals surface area contributed by atoms with Gasteiger partial charge in [0.2, 0.25) is 0 Å². The molecule has 0 spiro atoms. The quantitative estimate of drug-likeness (QED) is 0.526. The third-order valence-corrected chi connectivity index (χ3v) is 5.51. The summed E-state index contributed by atoms with van der Waals surface area (Å²) in [5.74, 6) is 4.65. The lowest BCUT2D eigenvalue weighted by molar-refractivity contribution is 0.258. The SMILES string of the molecule is CC(C)CCSCC1(CS)CCCCC1. The summed E-state index contributed by atoms with van der Waals surface area (Å²) in [6.45, 7) is 4.63. The third-order valence-electron chi connectivity index (χ3n) is 3.50. The first-order valence-electron chi connectivity index (χ1n) is 6.37. The van der Waals surface area contributed by atoms with Gasteiger partial charge in [0, 0.05) is 0 Å². The van der Waals surface area contributed by atoms with Crippen molar-refractivity contribution in [2.24, 2.45) is 11.3 Å². The monoisotopic (exact) mass is 246 g/mol. The van der Waals surface area contributed by atoms with E-state index >= 15 is 0 Å². The predicted octanol–water partition coefficient (Wildman–Crippen LogP) is 4.65. The van der Waals surface area contributed by atoms with E-state index in [2.05, 4.69) is 38.2 Å². The maximum Gasteiger partial charge on any atom is -0.000299 e. The van der Waals surface area contributed by atoms with E-state index in [0.717, 1.165) is 11.7 Å². The highest BCUT2D eigenvalue weighted by Crippen LogP contribution is 2.40. The van der Waals surface area contributed by atoms with Gasteiger partial charge < -0.3 is 0 Å². The van der Waals surface area contributed by atoms with Gasteiger partial charge in [-0.3, -0.25) is 0 Å². The van der Waals surface area contributed by atoms with E-state index in [1.54, 1.807) is 0 Å². The Bertz CT molecular complexity index is 160. The van der Waals surface area contributed by atoms with Gasteiger partial charge >= 0.3 is 0 Å². The molecule has 0 atom stereocenters. The number of hydrogen-bond donors (Lipinski definition) is 1. The molecule has 15 heavy (non-hydrogen) atoms. The fourth-order valence-electron chi connectivity index (χ4n) is 2.26. The van der Waals surface area contributed by atoms with Crippen molar-refractivity contribution >= 4 is 24.4 Å². The van der Waals surface area contributed by atoms with Crippen molar-refractivity contribution in [3.05, 3.63) is 0 Å². The van der Waals surface area contributed by atoms with E-state index in [0.29, 0.717) is 5.41 Å². The minimum Gasteiger partial charge on any atom is -0.179 e. The van der Waals surface area contributed by atoms with Crippen LogP contribution in [0.2, 0.25) is 0 Å². The Kier molecular flexibility index (Phi) is 6.52. The van der Waals surface area contributed by atoms with Crippen molar-refractivity contribution < 1.29 is 0 Å². The molecular formula is C13H26S2. The molecule has 1 aliphatic rings. The standard InChI is InChI=1S/C13H26S2/c1-12(2)6-9-15-11-13(10-14)7-4-3-5-8-13/h12,14H,3-11H2,1-2H3. The van der Waals surface area contributed by atoms with Crippen LogP contribution in [0.3, 0.4) is 0 Å². The molecule has 1 aliphatic carbocycles. The molecule has 0 aromatic heterocycles. The van der Waals surface area contributed by atoms with E-state index in [1.165, 1.54) is 50.0 Å². The van der Waals surface area contributed by atoms with Crippen molar-refractivity contribution in [2.45, 2.75) is 52.4 Å². The van der Waals surface area contributed by atoms with Crippen molar-refractivity contribution in [3.8, 4) is 0 Å². The minimum atomic E-state index is 0.586. The summed E-state index contributed by atoms with van der Waals surface area (Å²) in [6, 6.07) is 0. The second-order valence-electron chi connectivity index (χ2n) is 5.45. The van der Waals surface area contributed by atoms with Crippen LogP contribution in [0.4, 0.5) is 0 Å². The molecule has 90 valence electrons. The molecule has 0 nitrogen and oxygen atoms in total. The topological polar surface area (TPSA) is 0 Å². The first-order valence-corrected chi connectivity index (χ1v) is 8.16. The fraction of sp³-hybridized carbons (Fsp3) is 1.00. The van der Waals surface area contributed by atoms with Gasteiger partial charge in [0.05, 0.1) is 0 Å². The first-order chi connectivity index (χ1) is 7.18. The second kappa shape index (κ2) is 7.11. The molecule has 0 aromatic carbocycles. The number of thioether (sulfide) groups is 1. The Morgan fingerprint density at radius 3 is 2.40 bits per heavy atom. The summed E-state index contributed by atoms with van der Waals surface area (Å²) in [4.78, 5) is 0. The van der Waals surface area contributed by atoms with Gasteiger partial charge in [0.25, 0.3) is 0 Å². The van der Waals surface area contributed by atoms with Gasteiger partial charge in [-0.05, 0) is 47.9 Å². The van der Waals surface area contributed by atoms with E-state index in [-0.39, 0.29) is 0 Å². The van der Waals surface area contributed by atoms with Crippen LogP contribution in [0.15, 0.2) is 0 Å². The van der Waals surface area contributed by atoms with Gasteiger partial charge in [-0.1, -0.05) is 33.1 Å². The Hall–Kier alpha value is 0.700. The molecule has 0 N–H and O–H groups in total. The molecule has 1 fully saturated rings. The van der Waals surface area contributed by atoms with Crippen LogP contribution in [0, 0.1) is 11.3 Å². The summed E-state index contributed by atoms with van der Waals surface area (Å²) >= 11 is 6.74. The molecule has 0 amide bonds. The summed E-state index contributed by atoms with van der Waals surface area (Å²) < 4.78 is 0. The zero-order chi connectivity index (χ0) is 11.1. The molecule has 0 aromatic rings. The normalized spacial score (nSPS) is 20.8. The minimum absolute atomic E-state index is 0.586. The van der Waals surface area contributed by atoms with Gasteiger partial charge in [0.1, 0.15) is 0 Å². The van der Waals surface area contributed by atoms with Crippen molar-refractivity contribution in [1.82, 2.24) is 0 Å². The lowest BCUT2D eigenvalue weighted by Gasteiger charge is -2.35. The van der Waals surface area contributed by atoms with Crippen LogP contribution in [0.5, 0.6) is 0 Å². The predicted molar refractivity (Wildman–Crippen MR) is 76.2 cm³/mol. The number of thiol groups is 1. The summed E-state index contributed by atoms with van der Waals surface area (Å²) in [7, 11) is 0. The van der Waals surface area contributed by atoms with Gasteiger partial charge in [-0.15, -0.1) is 0 Å². The maximum atomic E-state index is 4.58. The molecule has 0 heterocycles. The number of rotatable bonds is 6. The highest BCUT2D eigenvalue weighted by Gasteiger charge is 2.30. The van der Waals surface area contributed by atoms with Crippen LogP contribution < -0.4 is 0 Å². The van der Waals surface area contributed by atoms with E-state index in [1.807, 2.05) is 0 Å². The Morgan fingerprint density at radius 2 is 1.87 bits per heavy atom. The van der Waals surface area contributed by atoms with Crippen LogP contribution >= 0.6 is 24.4 Å². The average Bonchev–Trinajstić information content (AvgIpc) is 2.26. The van der Waals surface area contributed by atoms with Crippen LogP contribution in [0.25, 0.3) is 0 Å². The Morgan fingerprint density at radius 1 is 1.20 bits per heavy atom. The molecule has 1 saturated carbocycles. The van der Waals surface area contributed by atoms with Crippen LogP contribution in [-0.4, -0.2) is 17.3 Å². The molecular weight excluding hydrogens is 220 g/mol. The lowest BCUT2D eigenvalue weighted by atomic mass is 9.77. The van der Waals surface area contributed by atoms with Gasteiger partial charge in [-0.25, -0.2) is 0 Å². The van der Waals surface area contributed by atoms with E-state index < -0.39 is 0 Å². The van der Waals surface area contributed by atoms with Crippen molar-refractivity contribution in [2.75, 3.05) is 17.3 Å². The molecule has 1 rings (SSSR count). The smallest absolute Gasteiger partial charge is 0.000299 e. The zero-order valence-corrected chi connectivity index (χ0v) is 12.0. The molecule has 0 bridgehead atoms. The van der Waals surface area contributed by atoms with Crippen molar-refractivity contribution in [3.63, 3.8) is 0 Å². The highest BCUT2D eigenvalue weighted by atomic mass is 32.2. The molecule has 0 radical (unpaired) electrons. The largest absolute Gasteiger partial charge is 0.179 e. The second-order valence-corrected chi connectivity index (χ2v) is 6.88. The van der Waals surface area contributed by atoms with Crippen molar-refractivity contribution in [1.29, 1.82) is 0 Å². The van der Waals surface area contributed by atoms with Crippen LogP contribution in [0.1, 0.15) is 52.4 Å². The maximum absolute atomic E-state index is 4.58. The first kappa shape index (κ1) is 13.8. The summed E-state index contributed by atoms with van der Waals surface area (Å²) in [5.41, 5.74) is 0.586. The third kappa shape index (κ3) is 5.04. The Labute approximate surface area is 105 Å². The van der Waals surface area contributed by atoms with Gasteiger partial charge in [-0.2, -0.15) is 24.4 Å².